The first-order valence-corrected chi connectivity index (χ1v) is 8.14. The van der Waals surface area contributed by atoms with Crippen LogP contribution in [0.2, 0.25) is 0 Å². The van der Waals surface area contributed by atoms with Crippen LogP contribution in [0, 0.1) is 0 Å². The van der Waals surface area contributed by atoms with Crippen molar-refractivity contribution in [2.75, 3.05) is 32.8 Å². The second-order valence-corrected chi connectivity index (χ2v) is 6.17. The Hall–Kier alpha value is -0.430. The fraction of sp³-hybridized carbons (Fsp3) is 0.786. The van der Waals surface area contributed by atoms with Gasteiger partial charge in [0.25, 0.3) is 0 Å². The molecule has 1 unspecified atom stereocenters. The zero-order valence-corrected chi connectivity index (χ0v) is 14.2. The van der Waals surface area contributed by atoms with Crippen molar-refractivity contribution in [3.05, 3.63) is 15.9 Å². The van der Waals surface area contributed by atoms with Gasteiger partial charge in [-0.15, -0.1) is 0 Å². The third-order valence-electron chi connectivity index (χ3n) is 3.76. The molecule has 1 aromatic rings. The van der Waals surface area contributed by atoms with Crippen LogP contribution >= 0.6 is 15.9 Å². The van der Waals surface area contributed by atoms with Gasteiger partial charge in [-0.2, -0.15) is 5.10 Å². The summed E-state index contributed by atoms with van der Waals surface area (Å²) in [6, 6.07) is 0.458. The van der Waals surface area contributed by atoms with Gasteiger partial charge in [0.1, 0.15) is 0 Å². The standard InChI is InChI=1S/C14H25BrN4O/c1-4-12-14(15)13(18(3)17-12)9-16-11(2)10-19-5-7-20-8-6-19/h11,16H,4-10H2,1-3H3. The molecular formula is C14H25BrN4O. The number of ether oxygens (including phenoxy) is 1. The Labute approximate surface area is 129 Å². The molecule has 0 radical (unpaired) electrons. The zero-order chi connectivity index (χ0) is 14.5. The van der Waals surface area contributed by atoms with Crippen LogP contribution < -0.4 is 5.32 Å². The molecule has 20 heavy (non-hydrogen) atoms. The monoisotopic (exact) mass is 344 g/mol. The predicted octanol–water partition coefficient (Wildman–Crippen LogP) is 1.56. The number of hydrogen-bond donors (Lipinski definition) is 1. The normalized spacial score (nSPS) is 18.4. The highest BCUT2D eigenvalue weighted by Gasteiger charge is 2.16. The van der Waals surface area contributed by atoms with Crippen LogP contribution in [0.25, 0.3) is 0 Å². The van der Waals surface area contributed by atoms with E-state index in [0.29, 0.717) is 6.04 Å². The second kappa shape index (κ2) is 7.54. The Balaban J connectivity index is 1.83. The Morgan fingerprint density at radius 1 is 1.40 bits per heavy atom. The van der Waals surface area contributed by atoms with Crippen LogP contribution in [-0.4, -0.2) is 53.6 Å². The van der Waals surface area contributed by atoms with Crippen LogP contribution in [0.1, 0.15) is 25.2 Å². The van der Waals surface area contributed by atoms with E-state index in [0.717, 1.165) is 56.0 Å². The molecule has 114 valence electrons. The van der Waals surface area contributed by atoms with Crippen LogP contribution in [-0.2, 0) is 24.8 Å². The molecule has 0 aromatic carbocycles. The maximum atomic E-state index is 5.38. The summed E-state index contributed by atoms with van der Waals surface area (Å²) in [7, 11) is 2.01. The predicted molar refractivity (Wildman–Crippen MR) is 83.8 cm³/mol. The Kier molecular flexibility index (Phi) is 6.01. The maximum Gasteiger partial charge on any atom is 0.0767 e. The second-order valence-electron chi connectivity index (χ2n) is 5.38. The highest BCUT2D eigenvalue weighted by Crippen LogP contribution is 2.21. The number of aromatic nitrogens is 2. The van der Waals surface area contributed by atoms with Crippen LogP contribution in [0.15, 0.2) is 4.47 Å². The van der Waals surface area contributed by atoms with Crippen molar-refractivity contribution in [3.63, 3.8) is 0 Å². The van der Waals surface area contributed by atoms with E-state index in [2.05, 4.69) is 45.1 Å². The van der Waals surface area contributed by atoms with Gasteiger partial charge in [-0.1, -0.05) is 6.92 Å². The lowest BCUT2D eigenvalue weighted by Crippen LogP contribution is -2.44. The van der Waals surface area contributed by atoms with Crippen molar-refractivity contribution in [2.24, 2.45) is 7.05 Å². The lowest BCUT2D eigenvalue weighted by Gasteiger charge is -2.29. The van der Waals surface area contributed by atoms with Gasteiger partial charge in [-0.25, -0.2) is 0 Å². The SMILES string of the molecule is CCc1nn(C)c(CNC(C)CN2CCOCC2)c1Br. The van der Waals surface area contributed by atoms with E-state index >= 15 is 0 Å². The van der Waals surface area contributed by atoms with E-state index in [1.165, 1.54) is 5.69 Å². The number of rotatable bonds is 6. The van der Waals surface area contributed by atoms with Crippen molar-refractivity contribution in [1.82, 2.24) is 20.0 Å². The van der Waals surface area contributed by atoms with Gasteiger partial charge in [0.15, 0.2) is 0 Å². The fourth-order valence-electron chi connectivity index (χ4n) is 2.52. The van der Waals surface area contributed by atoms with Crippen molar-refractivity contribution in [1.29, 1.82) is 0 Å². The number of nitrogens with zero attached hydrogens (tertiary/aromatic N) is 3. The maximum absolute atomic E-state index is 5.38. The number of nitrogens with one attached hydrogen (secondary N) is 1. The van der Waals surface area contributed by atoms with E-state index in [4.69, 9.17) is 4.74 Å². The summed E-state index contributed by atoms with van der Waals surface area (Å²) < 4.78 is 8.49. The average molecular weight is 345 g/mol. The minimum atomic E-state index is 0.458. The van der Waals surface area contributed by atoms with E-state index in [-0.39, 0.29) is 0 Å². The van der Waals surface area contributed by atoms with E-state index in [1.54, 1.807) is 0 Å². The molecule has 0 spiro atoms. The third-order valence-corrected chi connectivity index (χ3v) is 4.67. The smallest absolute Gasteiger partial charge is 0.0767 e. The topological polar surface area (TPSA) is 42.3 Å². The van der Waals surface area contributed by atoms with Gasteiger partial charge in [0.2, 0.25) is 0 Å². The molecule has 2 rings (SSSR count). The summed E-state index contributed by atoms with van der Waals surface area (Å²) in [4.78, 5) is 2.46. The number of aryl methyl sites for hydroxylation is 2. The molecule has 5 nitrogen and oxygen atoms in total. The summed E-state index contributed by atoms with van der Waals surface area (Å²) in [5, 5.41) is 8.12. The lowest BCUT2D eigenvalue weighted by atomic mass is 10.2. The van der Waals surface area contributed by atoms with Crippen molar-refractivity contribution >= 4 is 15.9 Å². The quantitative estimate of drug-likeness (QED) is 0.850. The van der Waals surface area contributed by atoms with Gasteiger partial charge in [-0.05, 0) is 29.3 Å². The number of hydrogen-bond acceptors (Lipinski definition) is 4. The molecule has 1 N–H and O–H groups in total. The van der Waals surface area contributed by atoms with E-state index in [9.17, 15) is 0 Å². The van der Waals surface area contributed by atoms with Gasteiger partial charge < -0.3 is 10.1 Å². The highest BCUT2D eigenvalue weighted by atomic mass is 79.9. The summed E-state index contributed by atoms with van der Waals surface area (Å²) >= 11 is 3.66. The van der Waals surface area contributed by atoms with Crippen molar-refractivity contribution in [3.8, 4) is 0 Å². The Bertz CT molecular complexity index is 429. The van der Waals surface area contributed by atoms with Crippen LogP contribution in [0.4, 0.5) is 0 Å². The van der Waals surface area contributed by atoms with E-state index in [1.807, 2.05) is 11.7 Å². The summed E-state index contributed by atoms with van der Waals surface area (Å²) in [6.45, 7) is 10.1. The molecule has 1 saturated heterocycles. The van der Waals surface area contributed by atoms with Gasteiger partial charge in [0, 0.05) is 39.3 Å². The zero-order valence-electron chi connectivity index (χ0n) is 12.7. The molecule has 0 saturated carbocycles. The van der Waals surface area contributed by atoms with Gasteiger partial charge in [0.05, 0.1) is 29.1 Å². The first-order chi connectivity index (χ1) is 9.61. The molecule has 0 amide bonds. The lowest BCUT2D eigenvalue weighted by molar-refractivity contribution is 0.0343. The summed E-state index contributed by atoms with van der Waals surface area (Å²) in [5.41, 5.74) is 2.35. The molecular weight excluding hydrogens is 320 g/mol. The molecule has 1 aromatic heterocycles. The summed E-state index contributed by atoms with van der Waals surface area (Å²) in [6.07, 6.45) is 0.956. The molecule has 0 aliphatic carbocycles. The van der Waals surface area contributed by atoms with Gasteiger partial charge >= 0.3 is 0 Å². The van der Waals surface area contributed by atoms with Crippen LogP contribution in [0.3, 0.4) is 0 Å². The Morgan fingerprint density at radius 2 is 2.10 bits per heavy atom. The van der Waals surface area contributed by atoms with Crippen molar-refractivity contribution < 1.29 is 4.74 Å². The van der Waals surface area contributed by atoms with Gasteiger partial charge in [-0.3, -0.25) is 9.58 Å². The average Bonchev–Trinajstić information content (AvgIpc) is 2.72. The van der Waals surface area contributed by atoms with Crippen LogP contribution in [0.5, 0.6) is 0 Å². The summed E-state index contributed by atoms with van der Waals surface area (Å²) in [5.74, 6) is 0. The minimum Gasteiger partial charge on any atom is -0.379 e. The fourth-order valence-corrected chi connectivity index (χ4v) is 3.27. The molecule has 1 aliphatic rings. The Morgan fingerprint density at radius 3 is 2.70 bits per heavy atom. The first-order valence-electron chi connectivity index (χ1n) is 7.35. The molecule has 0 bridgehead atoms. The highest BCUT2D eigenvalue weighted by molar-refractivity contribution is 9.10. The molecule has 6 heteroatoms. The first kappa shape index (κ1) is 15.9. The minimum absolute atomic E-state index is 0.458. The van der Waals surface area contributed by atoms with E-state index < -0.39 is 0 Å². The molecule has 1 aliphatic heterocycles. The largest absolute Gasteiger partial charge is 0.379 e. The number of morpholine rings is 1. The molecule has 2 heterocycles. The number of halogens is 1. The van der Waals surface area contributed by atoms with Crippen molar-refractivity contribution in [2.45, 2.75) is 32.9 Å². The third kappa shape index (κ3) is 4.04. The molecule has 1 fully saturated rings. The molecule has 1 atom stereocenters.